The molecule has 4 nitrogen and oxygen atoms in total. The predicted octanol–water partition coefficient (Wildman–Crippen LogP) is 8.51. The molecule has 0 aromatic heterocycles. The number of hydrogen-bond donors (Lipinski definition) is 2. The molecule has 1 aromatic carbocycles. The summed E-state index contributed by atoms with van der Waals surface area (Å²) in [5.74, 6) is 1.43. The third kappa shape index (κ3) is 3.34. The first-order chi connectivity index (χ1) is 20.2. The molecule has 7 fully saturated rings. The average molecular weight is 589 g/mol. The summed E-state index contributed by atoms with van der Waals surface area (Å²) in [5.41, 5.74) is 1.57. The lowest BCUT2D eigenvalue weighted by molar-refractivity contribution is -0.309. The zero-order chi connectivity index (χ0) is 30.4. The molecule has 2 N–H and O–H groups in total. The van der Waals surface area contributed by atoms with Gasteiger partial charge in [0.15, 0.2) is 5.79 Å². The van der Waals surface area contributed by atoms with Crippen LogP contribution in [-0.2, 0) is 16.0 Å². The fourth-order valence-electron chi connectivity index (χ4n) is 15.0. The molecule has 8 rings (SSSR count). The van der Waals surface area contributed by atoms with Gasteiger partial charge in [-0.15, -0.1) is 0 Å². The normalized spacial score (nSPS) is 58.2. The standard InChI is InChI=1S/C39H56O4/c1-24-38-15-14-28-35(4)19-18-33(2)16-17-34(3,32(40)41)23-29(33)36(35,5)22-27-13-12-26(31(38)37(27,28)6)21-39(24,42)43-30(38)20-25-10-8-7-9-11-25/h7-11,24,26-31,42H,12-23H2,1-6H3,(H,40,41)/t24-,26+,27-,28-,29-,30+,31+,33-,34-,35-,36+,37-,38-,39+/m1/s1. The molecule has 14 atom stereocenters. The van der Waals surface area contributed by atoms with E-state index < -0.39 is 17.2 Å². The summed E-state index contributed by atoms with van der Waals surface area (Å²) < 4.78 is 6.91. The van der Waals surface area contributed by atoms with E-state index in [0.29, 0.717) is 29.6 Å². The smallest absolute Gasteiger partial charge is 0.309 e. The van der Waals surface area contributed by atoms with Crippen molar-refractivity contribution >= 4 is 5.97 Å². The topological polar surface area (TPSA) is 66.8 Å². The maximum Gasteiger partial charge on any atom is 0.309 e. The van der Waals surface area contributed by atoms with Gasteiger partial charge in [-0.2, -0.15) is 0 Å². The number of carboxylic acids is 1. The largest absolute Gasteiger partial charge is 0.481 e. The highest BCUT2D eigenvalue weighted by atomic mass is 16.6. The third-order valence-electron chi connectivity index (χ3n) is 17.3. The van der Waals surface area contributed by atoms with E-state index in [4.69, 9.17) is 4.74 Å². The van der Waals surface area contributed by atoms with Crippen molar-refractivity contribution in [3.8, 4) is 0 Å². The number of aliphatic hydroxyl groups is 1. The summed E-state index contributed by atoms with van der Waals surface area (Å²) in [6, 6.07) is 10.9. The van der Waals surface area contributed by atoms with E-state index in [1.54, 1.807) is 0 Å². The zero-order valence-corrected chi connectivity index (χ0v) is 27.6. The van der Waals surface area contributed by atoms with Crippen molar-refractivity contribution in [1.82, 2.24) is 0 Å². The first-order valence-electron chi connectivity index (χ1n) is 17.8. The summed E-state index contributed by atoms with van der Waals surface area (Å²) in [6.07, 6.45) is 13.1. The van der Waals surface area contributed by atoms with Crippen molar-refractivity contribution in [2.45, 2.75) is 130 Å². The Kier molecular flexibility index (Phi) is 5.87. The van der Waals surface area contributed by atoms with E-state index in [2.05, 4.69) is 65.0 Å². The van der Waals surface area contributed by atoms with Crippen LogP contribution in [0.4, 0.5) is 0 Å². The molecule has 43 heavy (non-hydrogen) atoms. The molecular weight excluding hydrogens is 532 g/mol. The molecule has 1 saturated heterocycles. The van der Waals surface area contributed by atoms with Crippen molar-refractivity contribution in [3.05, 3.63) is 35.9 Å². The monoisotopic (exact) mass is 588 g/mol. The first kappa shape index (κ1) is 29.0. The Hall–Kier alpha value is -1.39. The van der Waals surface area contributed by atoms with Crippen LogP contribution in [0.2, 0.25) is 0 Å². The van der Waals surface area contributed by atoms with Gasteiger partial charge in [0.25, 0.3) is 0 Å². The number of fused-ring (bicyclic) bond motifs is 5. The van der Waals surface area contributed by atoms with E-state index >= 15 is 0 Å². The van der Waals surface area contributed by atoms with E-state index in [9.17, 15) is 15.0 Å². The summed E-state index contributed by atoms with van der Waals surface area (Å²) in [4.78, 5) is 12.6. The van der Waals surface area contributed by atoms with Gasteiger partial charge in [0, 0.05) is 17.8 Å². The average Bonchev–Trinajstić information content (AvgIpc) is 3.07. The molecule has 0 unspecified atom stereocenters. The molecule has 236 valence electrons. The number of hydrogen-bond acceptors (Lipinski definition) is 3. The van der Waals surface area contributed by atoms with E-state index in [1.165, 1.54) is 44.1 Å². The molecular formula is C39H56O4. The zero-order valence-electron chi connectivity index (χ0n) is 27.6. The molecule has 0 radical (unpaired) electrons. The minimum atomic E-state index is -1.00. The molecule has 1 spiro atoms. The van der Waals surface area contributed by atoms with Gasteiger partial charge in [0.05, 0.1) is 11.5 Å². The van der Waals surface area contributed by atoms with Gasteiger partial charge in [-0.1, -0.05) is 65.0 Å². The van der Waals surface area contributed by atoms with Gasteiger partial charge in [0.1, 0.15) is 0 Å². The molecule has 1 aliphatic heterocycles. The summed E-state index contributed by atoms with van der Waals surface area (Å²) >= 11 is 0. The number of aliphatic carboxylic acids is 1. The number of ether oxygens (including phenoxy) is 1. The van der Waals surface area contributed by atoms with Gasteiger partial charge < -0.3 is 14.9 Å². The molecule has 1 aromatic rings. The summed E-state index contributed by atoms with van der Waals surface area (Å²) in [6.45, 7) is 14.9. The van der Waals surface area contributed by atoms with Crippen molar-refractivity contribution in [1.29, 1.82) is 0 Å². The fourth-order valence-corrected chi connectivity index (χ4v) is 15.0. The number of carbonyl (C=O) groups is 1. The van der Waals surface area contributed by atoms with Crippen LogP contribution in [0.3, 0.4) is 0 Å². The Labute approximate surface area is 259 Å². The van der Waals surface area contributed by atoms with Crippen LogP contribution in [0.5, 0.6) is 0 Å². The van der Waals surface area contributed by atoms with Crippen LogP contribution >= 0.6 is 0 Å². The summed E-state index contributed by atoms with van der Waals surface area (Å²) in [5, 5.41) is 22.5. The second-order valence-corrected chi connectivity index (χ2v) is 18.5. The predicted molar refractivity (Wildman–Crippen MR) is 168 cm³/mol. The van der Waals surface area contributed by atoms with Crippen LogP contribution < -0.4 is 0 Å². The molecule has 4 heteroatoms. The third-order valence-corrected chi connectivity index (χ3v) is 17.3. The number of rotatable bonds is 3. The highest BCUT2D eigenvalue weighted by Crippen LogP contribution is 2.83. The van der Waals surface area contributed by atoms with E-state index in [-0.39, 0.29) is 39.1 Å². The Bertz CT molecular complexity index is 1330. The van der Waals surface area contributed by atoms with Gasteiger partial charge in [-0.3, -0.25) is 4.79 Å². The lowest BCUT2D eigenvalue weighted by atomic mass is 9.26. The quantitative estimate of drug-likeness (QED) is 0.371. The summed E-state index contributed by atoms with van der Waals surface area (Å²) in [7, 11) is 0. The maximum atomic E-state index is 12.6. The lowest BCUT2D eigenvalue weighted by Gasteiger charge is -2.78. The molecule has 1 heterocycles. The second kappa shape index (κ2) is 8.69. The van der Waals surface area contributed by atoms with E-state index in [0.717, 1.165) is 38.5 Å². The van der Waals surface area contributed by atoms with Crippen LogP contribution in [0, 0.1) is 68.0 Å². The van der Waals surface area contributed by atoms with Gasteiger partial charge in [0.2, 0.25) is 0 Å². The van der Waals surface area contributed by atoms with E-state index in [1.807, 2.05) is 6.92 Å². The highest BCUT2D eigenvalue weighted by Gasteiger charge is 2.80. The number of benzene rings is 1. The van der Waals surface area contributed by atoms with Crippen molar-refractivity contribution in [2.24, 2.45) is 68.0 Å². The fraction of sp³-hybridized carbons (Fsp3) is 0.821. The molecule has 0 amide bonds. The SMILES string of the molecule is C[C@@H]1[C@]23CC[C@H]4[C@@]5(C)[C@H](CC[C@@H](C[C@]1(O)O[C@H]2Cc1ccccc1)[C@@H]53)C[C@@]1(C)[C@@H]2C[C@](C)(C(=O)O)CC[C@]2(C)CC[C@]41C. The maximum absolute atomic E-state index is 12.6. The second-order valence-electron chi connectivity index (χ2n) is 18.5. The minimum Gasteiger partial charge on any atom is -0.481 e. The Morgan fingerprint density at radius 2 is 1.58 bits per heavy atom. The van der Waals surface area contributed by atoms with Gasteiger partial charge >= 0.3 is 5.97 Å². The van der Waals surface area contributed by atoms with Crippen molar-refractivity contribution < 1.29 is 19.7 Å². The molecule has 6 saturated carbocycles. The van der Waals surface area contributed by atoms with Gasteiger partial charge in [-0.25, -0.2) is 0 Å². The molecule has 2 bridgehead atoms. The molecule has 7 aliphatic rings. The van der Waals surface area contributed by atoms with Crippen LogP contribution in [-0.4, -0.2) is 28.1 Å². The van der Waals surface area contributed by atoms with Crippen LogP contribution in [0.15, 0.2) is 30.3 Å². The van der Waals surface area contributed by atoms with Crippen LogP contribution in [0.1, 0.15) is 118 Å². The van der Waals surface area contributed by atoms with Crippen molar-refractivity contribution in [2.75, 3.05) is 0 Å². The first-order valence-corrected chi connectivity index (χ1v) is 17.8. The highest BCUT2D eigenvalue weighted by molar-refractivity contribution is 5.74. The minimum absolute atomic E-state index is 0.0113. The van der Waals surface area contributed by atoms with Gasteiger partial charge in [-0.05, 0) is 134 Å². The van der Waals surface area contributed by atoms with Crippen molar-refractivity contribution in [3.63, 3.8) is 0 Å². The van der Waals surface area contributed by atoms with Crippen LogP contribution in [0.25, 0.3) is 0 Å². The Morgan fingerprint density at radius 3 is 2.30 bits per heavy atom. The molecule has 6 aliphatic carbocycles. The lowest BCUT2D eigenvalue weighted by Crippen LogP contribution is -2.73. The number of carboxylic acid groups (broad SMARTS) is 1. The Morgan fingerprint density at radius 1 is 0.860 bits per heavy atom. The Balaban J connectivity index is 1.23.